The van der Waals surface area contributed by atoms with Gasteiger partial charge in [-0.3, -0.25) is 4.79 Å². The van der Waals surface area contributed by atoms with E-state index in [0.717, 1.165) is 24.5 Å². The van der Waals surface area contributed by atoms with Crippen LogP contribution in [-0.4, -0.2) is 42.5 Å². The van der Waals surface area contributed by atoms with Crippen molar-refractivity contribution in [3.8, 4) is 0 Å². The lowest BCUT2D eigenvalue weighted by Crippen LogP contribution is -2.48. The van der Waals surface area contributed by atoms with Crippen LogP contribution in [-0.2, 0) is 4.79 Å². The smallest absolute Gasteiger partial charge is 0.241 e. The first-order chi connectivity index (χ1) is 7.16. The largest absolute Gasteiger partial charge is 0.346 e. The molecule has 1 aliphatic rings. The summed E-state index contributed by atoms with van der Waals surface area (Å²) in [5, 5.41) is 0. The Hall–Kier alpha value is -1.58. The average Bonchev–Trinajstić information content (AvgIpc) is 2.23. The number of aromatic nitrogens is 1. The van der Waals surface area contributed by atoms with Crippen molar-refractivity contribution in [3.05, 3.63) is 23.9 Å². The summed E-state index contributed by atoms with van der Waals surface area (Å²) >= 11 is 0. The van der Waals surface area contributed by atoms with Crippen LogP contribution in [0.15, 0.2) is 18.3 Å². The van der Waals surface area contributed by atoms with Gasteiger partial charge in [0, 0.05) is 26.3 Å². The number of carbonyl (C=O) groups is 1. The molecule has 1 aromatic rings. The van der Waals surface area contributed by atoms with Gasteiger partial charge in [-0.15, -0.1) is 0 Å². The number of likely N-dealkylation sites (N-methyl/N-ethyl adjacent to an activating group) is 1. The maximum absolute atomic E-state index is 11.5. The van der Waals surface area contributed by atoms with Crippen LogP contribution in [0.25, 0.3) is 0 Å². The van der Waals surface area contributed by atoms with Gasteiger partial charge in [-0.05, 0) is 18.6 Å². The molecule has 0 spiro atoms. The Kier molecular flexibility index (Phi) is 2.58. The lowest BCUT2D eigenvalue weighted by Gasteiger charge is -2.32. The number of rotatable bonds is 1. The molecule has 0 unspecified atom stereocenters. The number of nitrogens with zero attached hydrogens (tertiary/aromatic N) is 3. The number of hydrogen-bond donors (Lipinski definition) is 0. The molecule has 0 saturated carbocycles. The van der Waals surface area contributed by atoms with E-state index >= 15 is 0 Å². The third kappa shape index (κ3) is 2.09. The van der Waals surface area contributed by atoms with E-state index in [1.165, 1.54) is 0 Å². The fourth-order valence-corrected chi connectivity index (χ4v) is 1.60. The SMILES string of the molecule is Cc1ccc(N2CCN(C)C(=O)C2)nc1. The topological polar surface area (TPSA) is 36.4 Å². The standard InChI is InChI=1S/C11H15N3O/c1-9-3-4-10(12-7-9)14-6-5-13(2)11(15)8-14/h3-4,7H,5-6,8H2,1-2H3. The van der Waals surface area contributed by atoms with Gasteiger partial charge in [0.15, 0.2) is 0 Å². The number of amides is 1. The van der Waals surface area contributed by atoms with E-state index < -0.39 is 0 Å². The van der Waals surface area contributed by atoms with E-state index in [-0.39, 0.29) is 5.91 Å². The summed E-state index contributed by atoms with van der Waals surface area (Å²) in [7, 11) is 1.84. The lowest BCUT2D eigenvalue weighted by molar-refractivity contribution is -0.129. The Morgan fingerprint density at radius 1 is 1.33 bits per heavy atom. The Labute approximate surface area is 89.5 Å². The third-order valence-electron chi connectivity index (χ3n) is 2.68. The molecule has 0 N–H and O–H groups in total. The van der Waals surface area contributed by atoms with Crippen molar-refractivity contribution < 1.29 is 4.79 Å². The third-order valence-corrected chi connectivity index (χ3v) is 2.68. The molecule has 0 radical (unpaired) electrons. The highest BCUT2D eigenvalue weighted by Gasteiger charge is 2.21. The normalized spacial score (nSPS) is 17.1. The van der Waals surface area contributed by atoms with E-state index in [1.807, 2.05) is 37.2 Å². The highest BCUT2D eigenvalue weighted by atomic mass is 16.2. The fraction of sp³-hybridized carbons (Fsp3) is 0.455. The number of anilines is 1. The molecule has 0 aromatic carbocycles. The van der Waals surface area contributed by atoms with Crippen LogP contribution in [0.2, 0.25) is 0 Å². The highest BCUT2D eigenvalue weighted by Crippen LogP contribution is 2.13. The monoisotopic (exact) mass is 205 g/mol. The second-order valence-corrected chi connectivity index (χ2v) is 3.93. The zero-order chi connectivity index (χ0) is 10.8. The summed E-state index contributed by atoms with van der Waals surface area (Å²) in [4.78, 5) is 19.6. The molecule has 4 heteroatoms. The molecule has 1 aromatic heterocycles. The summed E-state index contributed by atoms with van der Waals surface area (Å²) in [6, 6.07) is 3.99. The molecule has 1 amide bonds. The van der Waals surface area contributed by atoms with E-state index in [2.05, 4.69) is 4.98 Å². The van der Waals surface area contributed by atoms with Gasteiger partial charge in [0.05, 0.1) is 6.54 Å². The quantitative estimate of drug-likeness (QED) is 0.676. The minimum atomic E-state index is 0.156. The van der Waals surface area contributed by atoms with E-state index in [4.69, 9.17) is 0 Å². The molecule has 80 valence electrons. The first-order valence-corrected chi connectivity index (χ1v) is 5.08. The molecule has 0 atom stereocenters. The number of pyridine rings is 1. The summed E-state index contributed by atoms with van der Waals surface area (Å²) in [6.07, 6.45) is 1.83. The fourth-order valence-electron chi connectivity index (χ4n) is 1.60. The molecule has 1 saturated heterocycles. The molecule has 2 heterocycles. The Morgan fingerprint density at radius 3 is 2.73 bits per heavy atom. The molecule has 0 bridgehead atoms. The number of piperazine rings is 1. The Balaban J connectivity index is 2.12. The van der Waals surface area contributed by atoms with Crippen LogP contribution in [0.4, 0.5) is 5.82 Å². The van der Waals surface area contributed by atoms with Crippen LogP contribution >= 0.6 is 0 Å². The van der Waals surface area contributed by atoms with Crippen molar-refractivity contribution in [2.24, 2.45) is 0 Å². The predicted molar refractivity (Wildman–Crippen MR) is 58.8 cm³/mol. The van der Waals surface area contributed by atoms with Crippen LogP contribution < -0.4 is 4.90 Å². The van der Waals surface area contributed by atoms with Crippen molar-refractivity contribution in [2.45, 2.75) is 6.92 Å². The van der Waals surface area contributed by atoms with Gasteiger partial charge >= 0.3 is 0 Å². The lowest BCUT2D eigenvalue weighted by atomic mass is 10.3. The summed E-state index contributed by atoms with van der Waals surface area (Å²) in [6.45, 7) is 4.07. The van der Waals surface area contributed by atoms with Crippen LogP contribution in [0.5, 0.6) is 0 Å². The highest BCUT2D eigenvalue weighted by molar-refractivity contribution is 5.82. The van der Waals surface area contributed by atoms with Gasteiger partial charge in [0.1, 0.15) is 5.82 Å². The van der Waals surface area contributed by atoms with Gasteiger partial charge in [0.25, 0.3) is 0 Å². The van der Waals surface area contributed by atoms with Crippen LogP contribution in [0, 0.1) is 6.92 Å². The molecule has 4 nitrogen and oxygen atoms in total. The molecule has 1 aliphatic heterocycles. The van der Waals surface area contributed by atoms with Gasteiger partial charge in [-0.2, -0.15) is 0 Å². The zero-order valence-electron chi connectivity index (χ0n) is 9.10. The molecule has 15 heavy (non-hydrogen) atoms. The van der Waals surface area contributed by atoms with Gasteiger partial charge in [0.2, 0.25) is 5.91 Å². The average molecular weight is 205 g/mol. The van der Waals surface area contributed by atoms with E-state index in [1.54, 1.807) is 4.90 Å². The van der Waals surface area contributed by atoms with Gasteiger partial charge in [-0.1, -0.05) is 6.07 Å². The van der Waals surface area contributed by atoms with Crippen molar-refractivity contribution in [3.63, 3.8) is 0 Å². The van der Waals surface area contributed by atoms with Crippen molar-refractivity contribution in [2.75, 3.05) is 31.6 Å². The summed E-state index contributed by atoms with van der Waals surface area (Å²) < 4.78 is 0. The summed E-state index contributed by atoms with van der Waals surface area (Å²) in [5.74, 6) is 1.05. The van der Waals surface area contributed by atoms with E-state index in [0.29, 0.717) is 6.54 Å². The molecule has 2 rings (SSSR count). The Bertz CT molecular complexity index is 361. The minimum Gasteiger partial charge on any atom is -0.346 e. The first-order valence-electron chi connectivity index (χ1n) is 5.08. The molecule has 1 fully saturated rings. The maximum Gasteiger partial charge on any atom is 0.241 e. The number of hydrogen-bond acceptors (Lipinski definition) is 3. The maximum atomic E-state index is 11.5. The zero-order valence-corrected chi connectivity index (χ0v) is 9.10. The molecule has 0 aliphatic carbocycles. The second kappa shape index (κ2) is 3.88. The van der Waals surface area contributed by atoms with Gasteiger partial charge < -0.3 is 9.80 Å². The predicted octanol–water partition coefficient (Wildman–Crippen LogP) is 0.668. The first kappa shape index (κ1) is 9.96. The molecular weight excluding hydrogens is 190 g/mol. The van der Waals surface area contributed by atoms with Gasteiger partial charge in [-0.25, -0.2) is 4.98 Å². The molecular formula is C11H15N3O. The van der Waals surface area contributed by atoms with E-state index in [9.17, 15) is 4.79 Å². The minimum absolute atomic E-state index is 0.156. The number of aryl methyl sites for hydroxylation is 1. The van der Waals surface area contributed by atoms with Crippen LogP contribution in [0.1, 0.15) is 5.56 Å². The number of carbonyl (C=O) groups excluding carboxylic acids is 1. The Morgan fingerprint density at radius 2 is 2.13 bits per heavy atom. The van der Waals surface area contributed by atoms with Crippen LogP contribution in [0.3, 0.4) is 0 Å². The van der Waals surface area contributed by atoms with Crippen molar-refractivity contribution >= 4 is 11.7 Å². The summed E-state index contributed by atoms with van der Waals surface area (Å²) in [5.41, 5.74) is 1.14. The van der Waals surface area contributed by atoms with Crippen molar-refractivity contribution in [1.29, 1.82) is 0 Å². The second-order valence-electron chi connectivity index (χ2n) is 3.93. The van der Waals surface area contributed by atoms with Crippen molar-refractivity contribution in [1.82, 2.24) is 9.88 Å².